The lowest BCUT2D eigenvalue weighted by molar-refractivity contribution is -0.0992. The van der Waals surface area contributed by atoms with Crippen LogP contribution < -0.4 is 0 Å². The Morgan fingerprint density at radius 3 is 3.00 bits per heavy atom. The molecule has 0 amide bonds. The summed E-state index contributed by atoms with van der Waals surface area (Å²) in [5.74, 6) is 0. The van der Waals surface area contributed by atoms with Crippen LogP contribution in [0, 0.1) is 0 Å². The van der Waals surface area contributed by atoms with Crippen LogP contribution in [0.15, 0.2) is 24.5 Å². The van der Waals surface area contributed by atoms with Crippen LogP contribution >= 0.6 is 0 Å². The van der Waals surface area contributed by atoms with Crippen LogP contribution in [0.25, 0.3) is 0 Å². The molecule has 0 unspecified atom stereocenters. The lowest BCUT2D eigenvalue weighted by Crippen LogP contribution is -2.21. The first-order valence-corrected chi connectivity index (χ1v) is 4.11. The van der Waals surface area contributed by atoms with Crippen molar-refractivity contribution in [3.63, 3.8) is 0 Å². The fraction of sp³-hybridized carbons (Fsp3) is 0.556. The van der Waals surface area contributed by atoms with E-state index in [1.54, 1.807) is 18.4 Å². The first-order valence-electron chi connectivity index (χ1n) is 4.11. The summed E-state index contributed by atoms with van der Waals surface area (Å²) in [7, 11) is 0. The number of hydrogen-bond acceptors (Lipinski definition) is 3. The van der Waals surface area contributed by atoms with Crippen molar-refractivity contribution in [1.82, 2.24) is 0 Å². The van der Waals surface area contributed by atoms with E-state index >= 15 is 0 Å². The molecule has 12 heavy (non-hydrogen) atoms. The highest BCUT2D eigenvalue weighted by Gasteiger charge is 2.08. The molecular formula is C9H14O3. The van der Waals surface area contributed by atoms with E-state index in [4.69, 9.17) is 14.6 Å². The zero-order valence-electron chi connectivity index (χ0n) is 7.14. The zero-order valence-corrected chi connectivity index (χ0v) is 7.14. The fourth-order valence-electron chi connectivity index (χ4n) is 0.787. The van der Waals surface area contributed by atoms with Crippen molar-refractivity contribution in [1.29, 1.82) is 0 Å². The summed E-state index contributed by atoms with van der Waals surface area (Å²) in [6, 6.07) is 0. The Bertz CT molecular complexity index is 175. The molecule has 1 aliphatic rings. The third-order valence-electron chi connectivity index (χ3n) is 1.59. The molecule has 1 aliphatic heterocycles. The molecule has 3 nitrogen and oxygen atoms in total. The molecule has 0 saturated carbocycles. The van der Waals surface area contributed by atoms with Crippen molar-refractivity contribution in [3.8, 4) is 0 Å². The summed E-state index contributed by atoms with van der Waals surface area (Å²) >= 11 is 0. The smallest absolute Gasteiger partial charge is 0.219 e. The summed E-state index contributed by atoms with van der Waals surface area (Å²) in [6.45, 7) is 2.23. The summed E-state index contributed by atoms with van der Waals surface area (Å²) in [5.41, 5.74) is 0. The summed E-state index contributed by atoms with van der Waals surface area (Å²) in [5, 5.41) is 9.17. The second-order valence-corrected chi connectivity index (χ2v) is 2.61. The number of allylic oxidation sites excluding steroid dienone is 2. The van der Waals surface area contributed by atoms with Crippen LogP contribution in [0.3, 0.4) is 0 Å². The first kappa shape index (κ1) is 9.29. The molecule has 0 radical (unpaired) electrons. The largest absolute Gasteiger partial charge is 0.469 e. The monoisotopic (exact) mass is 170 g/mol. The van der Waals surface area contributed by atoms with E-state index < -0.39 is 6.10 Å². The highest BCUT2D eigenvalue weighted by Crippen LogP contribution is 2.04. The van der Waals surface area contributed by atoms with Gasteiger partial charge in [-0.3, -0.25) is 0 Å². The van der Waals surface area contributed by atoms with Crippen LogP contribution in [0.5, 0.6) is 0 Å². The summed E-state index contributed by atoms with van der Waals surface area (Å²) in [6.07, 6.45) is 6.98. The van der Waals surface area contributed by atoms with Crippen LogP contribution in [0.2, 0.25) is 0 Å². The Hall–Kier alpha value is -0.800. The lowest BCUT2D eigenvalue weighted by Gasteiger charge is -2.17. The molecule has 1 N–H and O–H groups in total. The van der Waals surface area contributed by atoms with Gasteiger partial charge in [0.05, 0.1) is 19.0 Å². The maximum absolute atomic E-state index is 9.17. The Kier molecular flexibility index (Phi) is 3.84. The predicted molar refractivity (Wildman–Crippen MR) is 45.4 cm³/mol. The lowest BCUT2D eigenvalue weighted by atomic mass is 10.3. The number of ether oxygens (including phenoxy) is 2. The van der Waals surface area contributed by atoms with E-state index in [0.717, 1.165) is 0 Å². The quantitative estimate of drug-likeness (QED) is 0.689. The van der Waals surface area contributed by atoms with Crippen molar-refractivity contribution >= 4 is 0 Å². The normalized spacial score (nSPS) is 23.7. The Labute approximate surface area is 72.3 Å². The highest BCUT2D eigenvalue weighted by molar-refractivity contribution is 5.05. The van der Waals surface area contributed by atoms with Crippen molar-refractivity contribution in [2.75, 3.05) is 6.61 Å². The van der Waals surface area contributed by atoms with E-state index in [-0.39, 0.29) is 6.29 Å². The van der Waals surface area contributed by atoms with E-state index in [9.17, 15) is 0 Å². The minimum Gasteiger partial charge on any atom is -0.469 e. The predicted octanol–water partition coefficient (Wildman–Crippen LogP) is 1.20. The number of aliphatic hydroxyl groups excluding tert-OH is 1. The minimum absolute atomic E-state index is 0.319. The van der Waals surface area contributed by atoms with E-state index in [1.165, 1.54) is 0 Å². The molecule has 0 bridgehead atoms. The maximum Gasteiger partial charge on any atom is 0.219 e. The second kappa shape index (κ2) is 4.95. The van der Waals surface area contributed by atoms with Gasteiger partial charge in [0, 0.05) is 0 Å². The van der Waals surface area contributed by atoms with Crippen LogP contribution in [0.1, 0.15) is 13.3 Å². The molecule has 0 aromatic carbocycles. The van der Waals surface area contributed by atoms with Gasteiger partial charge in [0.15, 0.2) is 0 Å². The molecule has 1 heterocycles. The molecule has 0 fully saturated rings. The topological polar surface area (TPSA) is 38.7 Å². The van der Waals surface area contributed by atoms with Gasteiger partial charge in [-0.2, -0.15) is 0 Å². The Morgan fingerprint density at radius 2 is 2.42 bits per heavy atom. The third kappa shape index (κ3) is 3.07. The molecule has 68 valence electrons. The van der Waals surface area contributed by atoms with Crippen molar-refractivity contribution in [2.24, 2.45) is 0 Å². The van der Waals surface area contributed by atoms with Crippen LogP contribution in [-0.2, 0) is 9.47 Å². The SMILES string of the molecule is CC[C@H](O)CO[C@H]1C=CC=CO1. The van der Waals surface area contributed by atoms with Crippen molar-refractivity contribution in [2.45, 2.75) is 25.7 Å². The van der Waals surface area contributed by atoms with Gasteiger partial charge in [0.1, 0.15) is 0 Å². The summed E-state index contributed by atoms with van der Waals surface area (Å²) < 4.78 is 10.3. The molecule has 0 aliphatic carbocycles. The van der Waals surface area contributed by atoms with Gasteiger partial charge in [0.2, 0.25) is 6.29 Å². The third-order valence-corrected chi connectivity index (χ3v) is 1.59. The molecule has 3 heteroatoms. The maximum atomic E-state index is 9.17. The standard InChI is InChI=1S/C9H14O3/c1-2-8(10)7-12-9-5-3-4-6-11-9/h3-6,8-10H,2,7H2,1H3/t8-,9-/m0/s1. The molecule has 1 rings (SSSR count). The molecule has 2 atom stereocenters. The molecule has 0 saturated heterocycles. The fourth-order valence-corrected chi connectivity index (χ4v) is 0.787. The van der Waals surface area contributed by atoms with Gasteiger partial charge in [0.25, 0.3) is 0 Å². The number of aliphatic hydroxyl groups is 1. The first-order chi connectivity index (χ1) is 5.83. The molecule has 0 aromatic rings. The number of rotatable bonds is 4. The molecule has 0 spiro atoms. The number of hydrogen-bond donors (Lipinski definition) is 1. The van der Waals surface area contributed by atoms with Gasteiger partial charge in [-0.1, -0.05) is 13.0 Å². The van der Waals surface area contributed by atoms with E-state index in [0.29, 0.717) is 13.0 Å². The summed E-state index contributed by atoms with van der Waals surface area (Å²) in [4.78, 5) is 0. The van der Waals surface area contributed by atoms with E-state index in [2.05, 4.69) is 0 Å². The van der Waals surface area contributed by atoms with Gasteiger partial charge < -0.3 is 14.6 Å². The van der Waals surface area contributed by atoms with Crippen molar-refractivity contribution in [3.05, 3.63) is 24.5 Å². The van der Waals surface area contributed by atoms with Gasteiger partial charge in [-0.25, -0.2) is 0 Å². The van der Waals surface area contributed by atoms with E-state index in [1.807, 2.05) is 13.0 Å². The van der Waals surface area contributed by atoms with Crippen LogP contribution in [-0.4, -0.2) is 24.1 Å². The van der Waals surface area contributed by atoms with Gasteiger partial charge in [-0.05, 0) is 18.6 Å². The minimum atomic E-state index is -0.395. The molecular weight excluding hydrogens is 156 g/mol. The average Bonchev–Trinajstić information content (AvgIpc) is 2.16. The average molecular weight is 170 g/mol. The highest BCUT2D eigenvalue weighted by atomic mass is 16.7. The van der Waals surface area contributed by atoms with Crippen molar-refractivity contribution < 1.29 is 14.6 Å². The molecule has 0 aromatic heterocycles. The Morgan fingerprint density at radius 1 is 1.58 bits per heavy atom. The van der Waals surface area contributed by atoms with Gasteiger partial charge >= 0.3 is 0 Å². The van der Waals surface area contributed by atoms with Gasteiger partial charge in [-0.15, -0.1) is 0 Å². The Balaban J connectivity index is 2.15. The van der Waals surface area contributed by atoms with Crippen LogP contribution in [0.4, 0.5) is 0 Å². The zero-order chi connectivity index (χ0) is 8.81. The second-order valence-electron chi connectivity index (χ2n) is 2.61.